The molecule has 1 saturated heterocycles. The molecule has 5 atom stereocenters. The molecule has 53 heavy (non-hydrogen) atoms. The van der Waals surface area contributed by atoms with E-state index in [0.717, 1.165) is 123 Å². The minimum absolute atomic E-state index is 0.122. The Morgan fingerprint density at radius 3 is 2.30 bits per heavy atom. The van der Waals surface area contributed by atoms with E-state index >= 15 is 0 Å². The monoisotopic (exact) mass is 768 g/mol. The first-order valence-electron chi connectivity index (χ1n) is 18.2. The number of anilines is 1. The third-order valence-corrected chi connectivity index (χ3v) is 14.0. The van der Waals surface area contributed by atoms with Crippen molar-refractivity contribution in [3.63, 3.8) is 0 Å². The van der Waals surface area contributed by atoms with Crippen LogP contribution in [0.3, 0.4) is 0 Å². The summed E-state index contributed by atoms with van der Waals surface area (Å²) in [5.41, 5.74) is 6.82. The molecule has 282 valence electrons. The molecule has 16 heteroatoms. The summed E-state index contributed by atoms with van der Waals surface area (Å²) in [6.07, 6.45) is -0.0999. The lowest BCUT2D eigenvalue weighted by Gasteiger charge is -2.40. The molecule has 6 heterocycles. The number of hydrogen-bond acceptors (Lipinski definition) is 11. The number of rotatable bonds is 6. The maximum absolute atomic E-state index is 14.6. The molecule has 1 unspecified atom stereocenters. The van der Waals surface area contributed by atoms with E-state index in [1.54, 1.807) is 0 Å². The van der Waals surface area contributed by atoms with Crippen molar-refractivity contribution in [2.24, 2.45) is 0 Å². The van der Waals surface area contributed by atoms with Gasteiger partial charge in [-0.15, -0.1) is 0 Å². The first-order chi connectivity index (χ1) is 25.4. The van der Waals surface area contributed by atoms with Crippen LogP contribution in [0.25, 0.3) is 5.57 Å². The first kappa shape index (κ1) is 35.3. The maximum Gasteiger partial charge on any atom is 0.294 e. The quantitative estimate of drug-likeness (QED) is 0.108. The minimum Gasteiger partial charge on any atom is -0.455 e. The molecule has 9 rings (SSSR count). The van der Waals surface area contributed by atoms with Crippen LogP contribution in [-0.2, 0) is 50.6 Å². The predicted molar refractivity (Wildman–Crippen MR) is 191 cm³/mol. The van der Waals surface area contributed by atoms with Crippen LogP contribution in [0.1, 0.15) is 59.1 Å². The fourth-order valence-electron chi connectivity index (χ4n) is 9.36. The molecule has 0 aliphatic carbocycles. The van der Waals surface area contributed by atoms with Gasteiger partial charge in [-0.2, -0.15) is 8.42 Å². The van der Waals surface area contributed by atoms with Gasteiger partial charge in [-0.3, -0.25) is 4.55 Å². The SMILES string of the molecule is O=S(=O)(O)c1ccc(C2=c3cc4c5c(c3Oc3c2cc2c6c3CCCN6CCC2)CCC[N+]=5CCC4)c(S(=O)(=O)N[C@@H]2C(O)O[C@@H](CO)[C@H](O)[C@H]2O)c1. The van der Waals surface area contributed by atoms with Crippen molar-refractivity contribution in [3.05, 3.63) is 74.3 Å². The van der Waals surface area contributed by atoms with Gasteiger partial charge in [-0.1, -0.05) is 6.07 Å². The number of nitrogens with zero attached hydrogens (tertiary/aromatic N) is 2. The summed E-state index contributed by atoms with van der Waals surface area (Å²) in [6, 6.07) is 5.71. The van der Waals surface area contributed by atoms with E-state index in [0.29, 0.717) is 27.9 Å². The van der Waals surface area contributed by atoms with Crippen molar-refractivity contribution in [2.75, 3.05) is 37.7 Å². The van der Waals surface area contributed by atoms with Crippen molar-refractivity contribution >= 4 is 31.4 Å². The van der Waals surface area contributed by atoms with Crippen LogP contribution in [0.2, 0.25) is 0 Å². The van der Waals surface area contributed by atoms with Gasteiger partial charge in [0.25, 0.3) is 10.1 Å². The summed E-state index contributed by atoms with van der Waals surface area (Å²) in [5.74, 6) is 1.28. The highest BCUT2D eigenvalue weighted by Crippen LogP contribution is 2.49. The molecule has 14 nitrogen and oxygen atoms in total. The van der Waals surface area contributed by atoms with Crippen LogP contribution >= 0.6 is 0 Å². The van der Waals surface area contributed by atoms with Crippen LogP contribution in [0, 0.1) is 0 Å². The molecule has 0 aromatic heterocycles. The van der Waals surface area contributed by atoms with E-state index < -0.39 is 67.2 Å². The molecule has 3 aromatic carbocycles. The zero-order valence-electron chi connectivity index (χ0n) is 28.9. The minimum atomic E-state index is -4.90. The van der Waals surface area contributed by atoms with E-state index in [4.69, 9.17) is 9.47 Å². The lowest BCUT2D eigenvalue weighted by Crippen LogP contribution is -2.64. The Morgan fingerprint density at radius 1 is 0.830 bits per heavy atom. The van der Waals surface area contributed by atoms with E-state index in [2.05, 4.69) is 26.3 Å². The zero-order valence-corrected chi connectivity index (χ0v) is 30.5. The summed E-state index contributed by atoms with van der Waals surface area (Å²) < 4.78 is 81.2. The van der Waals surface area contributed by atoms with Gasteiger partial charge in [-0.05, 0) is 68.4 Å². The second kappa shape index (κ2) is 12.8. The predicted octanol–water partition coefficient (Wildman–Crippen LogP) is -0.553. The summed E-state index contributed by atoms with van der Waals surface area (Å²) >= 11 is 0. The highest BCUT2D eigenvalue weighted by Gasteiger charge is 2.46. The normalized spacial score (nSPS) is 26.3. The summed E-state index contributed by atoms with van der Waals surface area (Å²) in [4.78, 5) is 1.18. The fraction of sp³-hybridized carbons (Fsp3) is 0.486. The highest BCUT2D eigenvalue weighted by atomic mass is 32.2. The van der Waals surface area contributed by atoms with E-state index in [9.17, 15) is 41.8 Å². The van der Waals surface area contributed by atoms with Gasteiger partial charge < -0.3 is 34.8 Å². The second-order valence-corrected chi connectivity index (χ2v) is 18.0. The van der Waals surface area contributed by atoms with Crippen LogP contribution in [0.15, 0.2) is 40.1 Å². The van der Waals surface area contributed by atoms with E-state index in [-0.39, 0.29) is 5.56 Å². The number of nitrogens with one attached hydrogen (secondary N) is 1. The number of benzene rings is 3. The fourth-order valence-corrected chi connectivity index (χ4v) is 11.4. The first-order valence-corrected chi connectivity index (χ1v) is 21.2. The number of sulfonamides is 1. The molecular weight excluding hydrogens is 727 g/mol. The van der Waals surface area contributed by atoms with Crippen LogP contribution in [-0.4, -0.2) is 105 Å². The van der Waals surface area contributed by atoms with Crippen molar-refractivity contribution in [3.8, 4) is 11.5 Å². The largest absolute Gasteiger partial charge is 0.455 e. The molecular formula is C37H42N3O11S2+. The molecule has 0 amide bonds. The van der Waals surface area contributed by atoms with Crippen LogP contribution in [0.5, 0.6) is 11.5 Å². The summed E-state index contributed by atoms with van der Waals surface area (Å²) in [6.45, 7) is 2.98. The molecule has 0 spiro atoms. The van der Waals surface area contributed by atoms with Crippen molar-refractivity contribution in [1.29, 1.82) is 0 Å². The average molecular weight is 769 g/mol. The van der Waals surface area contributed by atoms with Gasteiger partial charge in [0.2, 0.25) is 15.4 Å². The lowest BCUT2D eigenvalue weighted by atomic mass is 9.82. The second-order valence-electron chi connectivity index (χ2n) is 14.9. The summed E-state index contributed by atoms with van der Waals surface area (Å²) in [5, 5.41) is 43.5. The van der Waals surface area contributed by atoms with Gasteiger partial charge in [0.1, 0.15) is 48.9 Å². The molecule has 3 aromatic rings. The molecule has 6 aliphatic rings. The van der Waals surface area contributed by atoms with E-state index in [1.165, 1.54) is 6.07 Å². The number of ether oxygens (including phenoxy) is 2. The van der Waals surface area contributed by atoms with Crippen LogP contribution in [0.4, 0.5) is 5.69 Å². The third kappa shape index (κ3) is 5.64. The van der Waals surface area contributed by atoms with Gasteiger partial charge in [0, 0.05) is 64.7 Å². The number of aliphatic hydroxyl groups excluding tert-OH is 4. The molecule has 0 radical (unpaired) electrons. The molecule has 0 bridgehead atoms. The highest BCUT2D eigenvalue weighted by molar-refractivity contribution is 7.89. The Morgan fingerprint density at radius 2 is 1.55 bits per heavy atom. The van der Waals surface area contributed by atoms with Gasteiger partial charge >= 0.3 is 0 Å². The van der Waals surface area contributed by atoms with E-state index in [1.807, 2.05) is 0 Å². The molecule has 6 N–H and O–H groups in total. The topological polar surface area (TPSA) is 206 Å². The van der Waals surface area contributed by atoms with Gasteiger partial charge in [0.05, 0.1) is 22.0 Å². The number of aryl methyl sites for hydroxylation is 2. The smallest absolute Gasteiger partial charge is 0.294 e. The standard InChI is InChI=1S/C37H41N3O11S2/c41-18-27-33(42)34(43)30(37(44)50-27)38-52(45,46)28-17-21(53(47,48)49)9-10-22(28)29-25-15-19-5-1-11-39-13-3-7-23(31(19)39)35(25)51-36-24-8-4-14-40-12-2-6-20(32(24)40)16-26(29)36/h9-10,15-17,27,30,33-34,37-38,41-44H,1-8,11-14,18H2/p+1/t27-,30-,33-,34-,37?/m0/s1. The lowest BCUT2D eigenvalue weighted by molar-refractivity contribution is -0.251. The number of hydrogen-bond donors (Lipinski definition) is 6. The third-order valence-electron chi connectivity index (χ3n) is 11.7. The summed E-state index contributed by atoms with van der Waals surface area (Å²) in [7, 11) is -9.78. The molecule has 0 saturated carbocycles. The van der Waals surface area contributed by atoms with Crippen molar-refractivity contribution in [2.45, 2.75) is 91.8 Å². The van der Waals surface area contributed by atoms with Crippen molar-refractivity contribution in [1.82, 2.24) is 9.30 Å². The Kier molecular flexibility index (Phi) is 8.53. The Labute approximate surface area is 306 Å². The number of aliphatic hydroxyl groups is 4. The molecule has 6 aliphatic heterocycles. The Balaban J connectivity index is 1.34. The van der Waals surface area contributed by atoms with Crippen molar-refractivity contribution < 1.29 is 51.3 Å². The van der Waals surface area contributed by atoms with Gasteiger partial charge in [0.15, 0.2) is 6.29 Å². The maximum atomic E-state index is 14.6. The Hall–Kier alpha value is -3.45. The zero-order chi connectivity index (χ0) is 37.0. The average Bonchev–Trinajstić information content (AvgIpc) is 3.14. The molecule has 1 fully saturated rings. The Bertz CT molecular complexity index is 2410. The van der Waals surface area contributed by atoms with Crippen LogP contribution < -0.4 is 29.5 Å². The van der Waals surface area contributed by atoms with Gasteiger partial charge in [-0.25, -0.2) is 17.7 Å². The number of fused-ring (bicyclic) bond motifs is 4.